The third-order valence-corrected chi connectivity index (χ3v) is 4.20. The number of nitrogens with one attached hydrogen (secondary N) is 1. The van der Waals surface area contributed by atoms with Crippen LogP contribution in [0.5, 0.6) is 0 Å². The minimum atomic E-state index is -0.391. The number of esters is 1. The van der Waals surface area contributed by atoms with Gasteiger partial charge in [-0.3, -0.25) is 9.59 Å². The molecule has 1 aromatic carbocycles. The van der Waals surface area contributed by atoms with Crippen molar-refractivity contribution < 1.29 is 14.3 Å². The number of hydrogen-bond acceptors (Lipinski definition) is 4. The van der Waals surface area contributed by atoms with E-state index < -0.39 is 5.97 Å². The van der Waals surface area contributed by atoms with Gasteiger partial charge in [0, 0.05) is 10.6 Å². The van der Waals surface area contributed by atoms with Gasteiger partial charge >= 0.3 is 5.97 Å². The maximum absolute atomic E-state index is 11.8. The van der Waals surface area contributed by atoms with E-state index in [-0.39, 0.29) is 18.9 Å². The first kappa shape index (κ1) is 17.2. The first-order valence-corrected chi connectivity index (χ1v) is 8.62. The monoisotopic (exact) mass is 331 g/mol. The van der Waals surface area contributed by atoms with Crippen LogP contribution in [0.4, 0.5) is 5.69 Å². The maximum atomic E-state index is 11.8. The predicted molar refractivity (Wildman–Crippen MR) is 92.7 cm³/mol. The fourth-order valence-corrected chi connectivity index (χ4v) is 2.78. The Bertz CT molecular complexity index is 620. The minimum Gasteiger partial charge on any atom is -0.455 e. The van der Waals surface area contributed by atoms with Gasteiger partial charge in [-0.05, 0) is 42.0 Å². The average molecular weight is 331 g/mol. The second-order valence-corrected chi connectivity index (χ2v) is 6.30. The molecule has 0 bridgehead atoms. The molecule has 1 aromatic heterocycles. The van der Waals surface area contributed by atoms with Crippen molar-refractivity contribution in [2.45, 2.75) is 32.6 Å². The number of amides is 1. The van der Waals surface area contributed by atoms with Crippen molar-refractivity contribution in [2.75, 3.05) is 11.9 Å². The summed E-state index contributed by atoms with van der Waals surface area (Å²) in [7, 11) is 0. The summed E-state index contributed by atoms with van der Waals surface area (Å²) in [6.45, 7) is 1.90. The summed E-state index contributed by atoms with van der Waals surface area (Å²) >= 11 is 1.49. The molecule has 2 aromatic rings. The summed E-state index contributed by atoms with van der Waals surface area (Å²) in [6, 6.07) is 11.5. The van der Waals surface area contributed by atoms with Crippen molar-refractivity contribution in [1.82, 2.24) is 0 Å². The number of ether oxygens (including phenoxy) is 1. The lowest BCUT2D eigenvalue weighted by Crippen LogP contribution is -2.21. The Morgan fingerprint density at radius 1 is 1.17 bits per heavy atom. The van der Waals surface area contributed by atoms with E-state index >= 15 is 0 Å². The second-order valence-electron chi connectivity index (χ2n) is 5.27. The van der Waals surface area contributed by atoms with Gasteiger partial charge < -0.3 is 10.1 Å². The molecule has 23 heavy (non-hydrogen) atoms. The van der Waals surface area contributed by atoms with E-state index in [9.17, 15) is 9.59 Å². The third kappa shape index (κ3) is 6.24. The number of anilines is 1. The molecular formula is C18H21NO3S. The van der Waals surface area contributed by atoms with E-state index in [0.717, 1.165) is 24.1 Å². The van der Waals surface area contributed by atoms with Crippen molar-refractivity contribution in [2.24, 2.45) is 0 Å². The lowest BCUT2D eigenvalue weighted by atomic mass is 10.1. The predicted octanol–water partition coefficient (Wildman–Crippen LogP) is 3.82. The van der Waals surface area contributed by atoms with Gasteiger partial charge in [-0.25, -0.2) is 0 Å². The smallest absolute Gasteiger partial charge is 0.311 e. The first-order valence-electron chi connectivity index (χ1n) is 7.74. The van der Waals surface area contributed by atoms with Crippen molar-refractivity contribution >= 4 is 28.9 Å². The van der Waals surface area contributed by atoms with Crippen molar-refractivity contribution in [3.63, 3.8) is 0 Å². The van der Waals surface area contributed by atoms with Crippen LogP contribution in [0.15, 0.2) is 41.8 Å². The molecule has 0 atom stereocenters. The molecular weight excluding hydrogens is 310 g/mol. The topological polar surface area (TPSA) is 55.4 Å². The SMILES string of the molecule is CCCCc1ccc(NC(=O)COC(=O)Cc2cccs2)cc1. The molecule has 4 nitrogen and oxygen atoms in total. The van der Waals surface area contributed by atoms with Gasteiger partial charge in [0.15, 0.2) is 6.61 Å². The van der Waals surface area contributed by atoms with Crippen LogP contribution >= 0.6 is 11.3 Å². The van der Waals surface area contributed by atoms with E-state index in [1.807, 2.05) is 41.8 Å². The molecule has 122 valence electrons. The number of carbonyl (C=O) groups is 2. The average Bonchev–Trinajstić information content (AvgIpc) is 3.05. The van der Waals surface area contributed by atoms with Crippen LogP contribution in [0.25, 0.3) is 0 Å². The Morgan fingerprint density at radius 2 is 1.96 bits per heavy atom. The van der Waals surface area contributed by atoms with E-state index in [1.54, 1.807) is 0 Å². The molecule has 0 unspecified atom stereocenters. The molecule has 0 aliphatic carbocycles. The van der Waals surface area contributed by atoms with Gasteiger partial charge in [-0.15, -0.1) is 11.3 Å². The van der Waals surface area contributed by atoms with Crippen molar-refractivity contribution in [3.8, 4) is 0 Å². The molecule has 0 saturated heterocycles. The normalized spacial score (nSPS) is 10.3. The Morgan fingerprint density at radius 3 is 2.61 bits per heavy atom. The first-order chi connectivity index (χ1) is 11.2. The van der Waals surface area contributed by atoms with Crippen LogP contribution in [0, 0.1) is 0 Å². The van der Waals surface area contributed by atoms with Gasteiger partial charge in [0.1, 0.15) is 0 Å². The largest absolute Gasteiger partial charge is 0.455 e. The Labute approximate surface area is 140 Å². The van der Waals surface area contributed by atoms with Gasteiger partial charge in [-0.1, -0.05) is 31.5 Å². The molecule has 0 aliphatic heterocycles. The zero-order valence-corrected chi connectivity index (χ0v) is 14.0. The summed E-state index contributed by atoms with van der Waals surface area (Å²) in [5, 5.41) is 4.63. The summed E-state index contributed by atoms with van der Waals surface area (Å²) in [4.78, 5) is 24.3. The zero-order valence-electron chi connectivity index (χ0n) is 13.2. The lowest BCUT2D eigenvalue weighted by molar-refractivity contribution is -0.146. The van der Waals surface area contributed by atoms with E-state index in [4.69, 9.17) is 4.74 Å². The fourth-order valence-electron chi connectivity index (χ4n) is 2.09. The summed E-state index contributed by atoms with van der Waals surface area (Å²) in [5.41, 5.74) is 1.97. The summed E-state index contributed by atoms with van der Waals surface area (Å²) < 4.78 is 4.98. The Hall–Kier alpha value is -2.14. The van der Waals surface area contributed by atoms with Gasteiger partial charge in [0.25, 0.3) is 5.91 Å². The highest BCUT2D eigenvalue weighted by atomic mass is 32.1. The van der Waals surface area contributed by atoms with Gasteiger partial charge in [0.05, 0.1) is 6.42 Å². The molecule has 5 heteroatoms. The highest BCUT2D eigenvalue weighted by Gasteiger charge is 2.09. The number of hydrogen-bond donors (Lipinski definition) is 1. The van der Waals surface area contributed by atoms with E-state index in [2.05, 4.69) is 12.2 Å². The third-order valence-electron chi connectivity index (χ3n) is 3.32. The molecule has 0 fully saturated rings. The number of rotatable bonds is 8. The molecule has 1 N–H and O–H groups in total. The van der Waals surface area contributed by atoms with Gasteiger partial charge in [-0.2, -0.15) is 0 Å². The molecule has 0 aliphatic rings. The molecule has 0 radical (unpaired) electrons. The van der Waals surface area contributed by atoms with Crippen LogP contribution in [-0.4, -0.2) is 18.5 Å². The highest BCUT2D eigenvalue weighted by Crippen LogP contribution is 2.12. The minimum absolute atomic E-state index is 0.205. The van der Waals surface area contributed by atoms with Crippen LogP contribution in [0.2, 0.25) is 0 Å². The number of unbranched alkanes of at least 4 members (excludes halogenated alkanes) is 1. The van der Waals surface area contributed by atoms with Crippen molar-refractivity contribution in [3.05, 3.63) is 52.2 Å². The molecule has 1 amide bonds. The van der Waals surface area contributed by atoms with Crippen LogP contribution < -0.4 is 5.32 Å². The second kappa shape index (κ2) is 9.10. The highest BCUT2D eigenvalue weighted by molar-refractivity contribution is 7.10. The Kier molecular flexibility index (Phi) is 6.81. The number of thiophene rings is 1. The molecule has 0 spiro atoms. The van der Waals surface area contributed by atoms with Crippen molar-refractivity contribution in [1.29, 1.82) is 0 Å². The Balaban J connectivity index is 1.72. The summed E-state index contributed by atoms with van der Waals surface area (Å²) in [5.74, 6) is -0.719. The van der Waals surface area contributed by atoms with E-state index in [0.29, 0.717) is 5.69 Å². The molecule has 2 rings (SSSR count). The van der Waals surface area contributed by atoms with Crippen LogP contribution in [0.1, 0.15) is 30.2 Å². The molecule has 1 heterocycles. The number of benzene rings is 1. The summed E-state index contributed by atoms with van der Waals surface area (Å²) in [6.07, 6.45) is 3.57. The quantitative estimate of drug-likeness (QED) is 0.748. The number of carbonyl (C=O) groups excluding carboxylic acids is 2. The van der Waals surface area contributed by atoms with E-state index in [1.165, 1.54) is 16.9 Å². The number of aryl methyl sites for hydroxylation is 1. The standard InChI is InChI=1S/C18H21NO3S/c1-2-3-5-14-7-9-15(10-8-14)19-17(20)13-22-18(21)12-16-6-4-11-23-16/h4,6-11H,2-3,5,12-13H2,1H3,(H,19,20). The van der Waals surface area contributed by atoms with Crippen LogP contribution in [0.3, 0.4) is 0 Å². The lowest BCUT2D eigenvalue weighted by Gasteiger charge is -2.07. The fraction of sp³-hybridized carbons (Fsp3) is 0.333. The molecule has 0 saturated carbocycles. The van der Waals surface area contributed by atoms with Gasteiger partial charge in [0.2, 0.25) is 0 Å². The van der Waals surface area contributed by atoms with Crippen LogP contribution in [-0.2, 0) is 27.2 Å². The maximum Gasteiger partial charge on any atom is 0.311 e. The zero-order chi connectivity index (χ0) is 16.5.